The Morgan fingerprint density at radius 1 is 1.45 bits per heavy atom. The van der Waals surface area contributed by atoms with Gasteiger partial charge in [0, 0.05) is 48.7 Å². The average molecular weight is 336 g/mol. The van der Waals surface area contributed by atoms with Gasteiger partial charge in [-0.3, -0.25) is 9.88 Å². The molecule has 0 radical (unpaired) electrons. The van der Waals surface area contributed by atoms with Gasteiger partial charge in [-0.05, 0) is 30.5 Å². The van der Waals surface area contributed by atoms with Crippen LogP contribution in [0.3, 0.4) is 0 Å². The smallest absolute Gasteiger partial charge is 0.0543 e. The number of piperidine rings is 1. The zero-order valence-corrected chi connectivity index (χ0v) is 14.4. The number of pyridine rings is 1. The van der Waals surface area contributed by atoms with Crippen molar-refractivity contribution in [2.75, 3.05) is 13.1 Å². The van der Waals surface area contributed by atoms with Gasteiger partial charge >= 0.3 is 0 Å². The standard InChI is InChI=1S/C17H22ClN3S/c1-13-10-21(11-15-4-2-3-6-19-15)7-5-17(13)20-9-16-8-14(18)12-22-16/h2-4,6,8,12-13,17,20H,5,7,9-11H2,1H3/t13-,17+/m1/s1. The fraction of sp³-hybridized carbons (Fsp3) is 0.471. The molecule has 3 rings (SSSR count). The van der Waals surface area contributed by atoms with Crippen LogP contribution in [0.2, 0.25) is 5.02 Å². The first-order valence-corrected chi connectivity index (χ1v) is 9.05. The molecule has 1 aliphatic heterocycles. The maximum atomic E-state index is 5.98. The summed E-state index contributed by atoms with van der Waals surface area (Å²) in [5.41, 5.74) is 1.16. The molecule has 0 spiro atoms. The molecule has 1 fully saturated rings. The molecule has 0 bridgehead atoms. The van der Waals surface area contributed by atoms with Gasteiger partial charge in [-0.2, -0.15) is 0 Å². The van der Waals surface area contributed by atoms with Crippen LogP contribution in [0, 0.1) is 5.92 Å². The number of nitrogens with zero attached hydrogens (tertiary/aromatic N) is 2. The highest BCUT2D eigenvalue weighted by Crippen LogP contribution is 2.22. The van der Waals surface area contributed by atoms with Gasteiger partial charge in [0.1, 0.15) is 0 Å². The lowest BCUT2D eigenvalue weighted by molar-refractivity contribution is 0.139. The van der Waals surface area contributed by atoms with Crippen molar-refractivity contribution in [1.29, 1.82) is 0 Å². The van der Waals surface area contributed by atoms with E-state index in [2.05, 4.69) is 40.3 Å². The van der Waals surface area contributed by atoms with Crippen molar-refractivity contribution in [2.24, 2.45) is 5.92 Å². The number of hydrogen-bond acceptors (Lipinski definition) is 4. The maximum absolute atomic E-state index is 5.98. The zero-order chi connectivity index (χ0) is 15.4. The van der Waals surface area contributed by atoms with Crippen LogP contribution in [-0.4, -0.2) is 29.0 Å². The summed E-state index contributed by atoms with van der Waals surface area (Å²) in [4.78, 5) is 8.25. The van der Waals surface area contributed by atoms with Crippen molar-refractivity contribution in [3.05, 3.63) is 51.4 Å². The molecule has 2 aromatic heterocycles. The average Bonchev–Trinajstić information content (AvgIpc) is 2.93. The van der Waals surface area contributed by atoms with E-state index in [1.807, 2.05) is 17.6 Å². The minimum Gasteiger partial charge on any atom is -0.309 e. The summed E-state index contributed by atoms with van der Waals surface area (Å²) in [6.07, 6.45) is 3.06. The molecule has 2 atom stereocenters. The van der Waals surface area contributed by atoms with Crippen LogP contribution in [0.25, 0.3) is 0 Å². The highest BCUT2D eigenvalue weighted by molar-refractivity contribution is 7.10. The molecule has 22 heavy (non-hydrogen) atoms. The van der Waals surface area contributed by atoms with E-state index in [0.29, 0.717) is 12.0 Å². The molecule has 0 amide bonds. The Bertz CT molecular complexity index is 587. The van der Waals surface area contributed by atoms with E-state index in [4.69, 9.17) is 11.6 Å². The van der Waals surface area contributed by atoms with Crippen LogP contribution in [0.4, 0.5) is 0 Å². The number of thiophene rings is 1. The van der Waals surface area contributed by atoms with Gasteiger partial charge < -0.3 is 5.32 Å². The number of halogens is 1. The van der Waals surface area contributed by atoms with Gasteiger partial charge in [0.2, 0.25) is 0 Å². The third-order valence-electron chi connectivity index (χ3n) is 4.26. The van der Waals surface area contributed by atoms with Gasteiger partial charge in [0.15, 0.2) is 0 Å². The summed E-state index contributed by atoms with van der Waals surface area (Å²) in [7, 11) is 0. The fourth-order valence-electron chi connectivity index (χ4n) is 3.08. The van der Waals surface area contributed by atoms with E-state index in [1.54, 1.807) is 11.3 Å². The minimum absolute atomic E-state index is 0.584. The molecule has 1 saturated heterocycles. The Kier molecular flexibility index (Phi) is 5.47. The third kappa shape index (κ3) is 4.29. The van der Waals surface area contributed by atoms with E-state index in [9.17, 15) is 0 Å². The second kappa shape index (κ2) is 7.55. The largest absolute Gasteiger partial charge is 0.309 e. The van der Waals surface area contributed by atoms with Crippen molar-refractivity contribution >= 4 is 22.9 Å². The van der Waals surface area contributed by atoms with Crippen molar-refractivity contribution in [3.8, 4) is 0 Å². The molecule has 118 valence electrons. The summed E-state index contributed by atoms with van der Waals surface area (Å²) in [5.74, 6) is 0.646. The second-order valence-corrected chi connectivity index (χ2v) is 7.47. The number of likely N-dealkylation sites (tertiary alicyclic amines) is 1. The molecule has 1 N–H and O–H groups in total. The van der Waals surface area contributed by atoms with Crippen LogP contribution in [0.1, 0.15) is 23.9 Å². The Labute approximate surface area is 141 Å². The monoisotopic (exact) mass is 335 g/mol. The molecule has 0 aliphatic carbocycles. The summed E-state index contributed by atoms with van der Waals surface area (Å²) in [5, 5.41) is 6.54. The molecule has 0 unspecified atom stereocenters. The van der Waals surface area contributed by atoms with Crippen LogP contribution >= 0.6 is 22.9 Å². The van der Waals surface area contributed by atoms with Gasteiger partial charge in [-0.1, -0.05) is 24.6 Å². The molecular formula is C17H22ClN3S. The predicted molar refractivity (Wildman–Crippen MR) is 93.3 cm³/mol. The quantitative estimate of drug-likeness (QED) is 0.901. The maximum Gasteiger partial charge on any atom is 0.0543 e. The van der Waals surface area contributed by atoms with Crippen LogP contribution in [0.15, 0.2) is 35.8 Å². The van der Waals surface area contributed by atoms with Crippen LogP contribution in [0.5, 0.6) is 0 Å². The Balaban J connectivity index is 1.47. The molecule has 2 aromatic rings. The highest BCUT2D eigenvalue weighted by atomic mass is 35.5. The van der Waals surface area contributed by atoms with E-state index in [-0.39, 0.29) is 0 Å². The number of aromatic nitrogens is 1. The van der Waals surface area contributed by atoms with Gasteiger partial charge in [0.05, 0.1) is 10.7 Å². The van der Waals surface area contributed by atoms with Crippen molar-refractivity contribution in [2.45, 2.75) is 32.5 Å². The molecule has 0 aromatic carbocycles. The first-order chi connectivity index (χ1) is 10.7. The van der Waals surface area contributed by atoms with E-state index < -0.39 is 0 Å². The molecule has 3 heterocycles. The van der Waals surface area contributed by atoms with Crippen molar-refractivity contribution in [3.63, 3.8) is 0 Å². The number of hydrogen-bond donors (Lipinski definition) is 1. The lowest BCUT2D eigenvalue weighted by Crippen LogP contribution is -2.47. The van der Waals surface area contributed by atoms with Crippen LogP contribution in [-0.2, 0) is 13.1 Å². The highest BCUT2D eigenvalue weighted by Gasteiger charge is 2.25. The predicted octanol–water partition coefficient (Wildman–Crippen LogP) is 3.80. The van der Waals surface area contributed by atoms with Crippen molar-refractivity contribution in [1.82, 2.24) is 15.2 Å². The third-order valence-corrected chi connectivity index (χ3v) is 5.55. The second-order valence-electron chi connectivity index (χ2n) is 6.04. The van der Waals surface area contributed by atoms with Crippen molar-refractivity contribution < 1.29 is 0 Å². The summed E-state index contributed by atoms with van der Waals surface area (Å²) in [6.45, 7) is 6.47. The van der Waals surface area contributed by atoms with Gasteiger partial charge in [-0.25, -0.2) is 0 Å². The van der Waals surface area contributed by atoms with E-state index in [0.717, 1.165) is 36.9 Å². The lowest BCUT2D eigenvalue weighted by Gasteiger charge is -2.37. The van der Waals surface area contributed by atoms with Gasteiger partial charge in [-0.15, -0.1) is 11.3 Å². The molecule has 5 heteroatoms. The molecule has 1 aliphatic rings. The first kappa shape index (κ1) is 15.9. The zero-order valence-electron chi connectivity index (χ0n) is 12.8. The normalized spacial score (nSPS) is 22.8. The number of rotatable bonds is 5. The van der Waals surface area contributed by atoms with Gasteiger partial charge in [0.25, 0.3) is 0 Å². The molecule has 0 saturated carbocycles. The fourth-order valence-corrected chi connectivity index (χ4v) is 4.10. The van der Waals surface area contributed by atoms with E-state index in [1.165, 1.54) is 11.3 Å². The minimum atomic E-state index is 0.584. The summed E-state index contributed by atoms with van der Waals surface area (Å²) in [6, 6.07) is 8.78. The SMILES string of the molecule is C[C@@H]1CN(Cc2ccccn2)CC[C@@H]1NCc1cc(Cl)cs1. The Hall–Kier alpha value is -0.940. The first-order valence-electron chi connectivity index (χ1n) is 7.79. The van der Waals surface area contributed by atoms with Crippen LogP contribution < -0.4 is 5.32 Å². The lowest BCUT2D eigenvalue weighted by atomic mass is 9.93. The van der Waals surface area contributed by atoms with E-state index >= 15 is 0 Å². The molecular weight excluding hydrogens is 314 g/mol. The summed E-state index contributed by atoms with van der Waals surface area (Å²) < 4.78 is 0. The number of nitrogens with one attached hydrogen (secondary N) is 1. The topological polar surface area (TPSA) is 28.2 Å². The summed E-state index contributed by atoms with van der Waals surface area (Å²) >= 11 is 7.71. The Morgan fingerprint density at radius 2 is 2.36 bits per heavy atom. The Morgan fingerprint density at radius 3 is 3.05 bits per heavy atom. The molecule has 3 nitrogen and oxygen atoms in total.